The van der Waals surface area contributed by atoms with E-state index in [1.165, 1.54) is 0 Å². The molecular formula is C20H24N2O2. The number of piperidine rings is 1. The van der Waals surface area contributed by atoms with Crippen LogP contribution >= 0.6 is 0 Å². The van der Waals surface area contributed by atoms with Crippen molar-refractivity contribution >= 4 is 22.6 Å². The summed E-state index contributed by atoms with van der Waals surface area (Å²) >= 11 is 0. The first-order chi connectivity index (χ1) is 11.6. The summed E-state index contributed by atoms with van der Waals surface area (Å²) in [6.45, 7) is 5.17. The van der Waals surface area contributed by atoms with Crippen molar-refractivity contribution in [2.24, 2.45) is 5.92 Å². The average molecular weight is 324 g/mol. The number of likely N-dealkylation sites (tertiary alicyclic amines) is 1. The van der Waals surface area contributed by atoms with E-state index in [1.807, 2.05) is 61.2 Å². The fourth-order valence-corrected chi connectivity index (χ4v) is 3.18. The van der Waals surface area contributed by atoms with Crippen LogP contribution in [0.3, 0.4) is 0 Å². The van der Waals surface area contributed by atoms with Gasteiger partial charge in [0.15, 0.2) is 0 Å². The highest BCUT2D eigenvalue weighted by Crippen LogP contribution is 2.22. The van der Waals surface area contributed by atoms with Crippen molar-refractivity contribution in [3.8, 4) is 0 Å². The number of hydrogen-bond donors (Lipinski definition) is 1. The summed E-state index contributed by atoms with van der Waals surface area (Å²) in [6.07, 6.45) is 1.63. The summed E-state index contributed by atoms with van der Waals surface area (Å²) < 4.78 is 0. The van der Waals surface area contributed by atoms with E-state index >= 15 is 0 Å². The van der Waals surface area contributed by atoms with Crippen molar-refractivity contribution < 1.29 is 9.59 Å². The van der Waals surface area contributed by atoms with Gasteiger partial charge in [-0.25, -0.2) is 0 Å². The van der Waals surface area contributed by atoms with Crippen LogP contribution in [0.5, 0.6) is 0 Å². The molecule has 1 saturated heterocycles. The van der Waals surface area contributed by atoms with Gasteiger partial charge in [0, 0.05) is 30.6 Å². The zero-order valence-corrected chi connectivity index (χ0v) is 14.3. The number of nitrogens with zero attached hydrogens (tertiary/aromatic N) is 1. The van der Waals surface area contributed by atoms with Crippen LogP contribution in [-0.2, 0) is 4.79 Å². The molecule has 0 bridgehead atoms. The first-order valence-corrected chi connectivity index (χ1v) is 8.63. The Hall–Kier alpha value is -2.36. The molecule has 1 fully saturated rings. The normalized spacial score (nSPS) is 15.7. The molecule has 1 heterocycles. The monoisotopic (exact) mass is 324 g/mol. The average Bonchev–Trinajstić information content (AvgIpc) is 2.61. The molecule has 2 amide bonds. The first kappa shape index (κ1) is 16.5. The lowest BCUT2D eigenvalue weighted by Gasteiger charge is -2.33. The van der Waals surface area contributed by atoms with Gasteiger partial charge < -0.3 is 10.2 Å². The number of nitrogens with one attached hydrogen (secondary N) is 1. The minimum Gasteiger partial charge on any atom is -0.353 e. The molecule has 1 N–H and O–H groups in total. The van der Waals surface area contributed by atoms with Crippen molar-refractivity contribution in [3.63, 3.8) is 0 Å². The van der Waals surface area contributed by atoms with Gasteiger partial charge in [-0.2, -0.15) is 0 Å². The van der Waals surface area contributed by atoms with E-state index in [9.17, 15) is 9.59 Å². The van der Waals surface area contributed by atoms with Crippen molar-refractivity contribution in [1.29, 1.82) is 0 Å². The van der Waals surface area contributed by atoms with Gasteiger partial charge in [0.2, 0.25) is 5.91 Å². The summed E-state index contributed by atoms with van der Waals surface area (Å²) in [5.41, 5.74) is 0.762. The molecule has 0 aliphatic carbocycles. The molecule has 2 aromatic carbocycles. The van der Waals surface area contributed by atoms with Gasteiger partial charge in [0.05, 0.1) is 0 Å². The lowest BCUT2D eigenvalue weighted by atomic mass is 10.0. The minimum atomic E-state index is 0.000319. The number of carbonyl (C=O) groups excluding carboxylic acids is 2. The lowest BCUT2D eigenvalue weighted by molar-refractivity contribution is -0.124. The molecule has 0 unspecified atom stereocenters. The molecular weight excluding hydrogens is 300 g/mol. The Morgan fingerprint density at radius 3 is 2.42 bits per heavy atom. The second kappa shape index (κ2) is 7.04. The fourth-order valence-electron chi connectivity index (χ4n) is 3.18. The summed E-state index contributed by atoms with van der Waals surface area (Å²) in [5, 5.41) is 5.16. The Balaban J connectivity index is 1.68. The van der Waals surface area contributed by atoms with Crippen LogP contribution < -0.4 is 5.32 Å². The van der Waals surface area contributed by atoms with Gasteiger partial charge in [0.1, 0.15) is 0 Å². The van der Waals surface area contributed by atoms with E-state index in [-0.39, 0.29) is 23.8 Å². The van der Waals surface area contributed by atoms with Crippen LogP contribution in [0.1, 0.15) is 37.0 Å². The van der Waals surface area contributed by atoms with Crippen molar-refractivity contribution in [3.05, 3.63) is 48.0 Å². The molecule has 0 aromatic heterocycles. The third-order valence-corrected chi connectivity index (χ3v) is 4.67. The van der Waals surface area contributed by atoms with Crippen molar-refractivity contribution in [1.82, 2.24) is 10.2 Å². The predicted octanol–water partition coefficient (Wildman–Crippen LogP) is 3.22. The van der Waals surface area contributed by atoms with Gasteiger partial charge in [-0.15, -0.1) is 0 Å². The molecule has 126 valence electrons. The van der Waals surface area contributed by atoms with E-state index in [1.54, 1.807) is 0 Å². The highest BCUT2D eigenvalue weighted by Gasteiger charge is 2.25. The lowest BCUT2D eigenvalue weighted by Crippen LogP contribution is -2.47. The van der Waals surface area contributed by atoms with Gasteiger partial charge in [-0.3, -0.25) is 9.59 Å². The molecule has 24 heavy (non-hydrogen) atoms. The number of amides is 2. The molecule has 0 spiro atoms. The number of rotatable bonds is 3. The van der Waals surface area contributed by atoms with Crippen LogP contribution in [0.25, 0.3) is 10.8 Å². The summed E-state index contributed by atoms with van der Waals surface area (Å²) in [5.74, 6) is 0.176. The van der Waals surface area contributed by atoms with Crippen molar-refractivity contribution in [2.75, 3.05) is 13.1 Å². The van der Waals surface area contributed by atoms with E-state index in [0.29, 0.717) is 13.1 Å². The quantitative estimate of drug-likeness (QED) is 0.942. The topological polar surface area (TPSA) is 49.4 Å². The van der Waals surface area contributed by atoms with Crippen LogP contribution in [0.4, 0.5) is 0 Å². The van der Waals surface area contributed by atoms with Gasteiger partial charge >= 0.3 is 0 Å². The fraction of sp³-hybridized carbons (Fsp3) is 0.400. The zero-order chi connectivity index (χ0) is 17.1. The molecule has 1 aliphatic rings. The molecule has 4 heteroatoms. The molecule has 2 aromatic rings. The Kier molecular flexibility index (Phi) is 4.84. The Labute approximate surface area is 142 Å². The van der Waals surface area contributed by atoms with E-state index in [4.69, 9.17) is 0 Å². The largest absolute Gasteiger partial charge is 0.353 e. The molecule has 3 rings (SSSR count). The predicted molar refractivity (Wildman–Crippen MR) is 95.9 cm³/mol. The van der Waals surface area contributed by atoms with Gasteiger partial charge in [-0.05, 0) is 29.7 Å². The molecule has 1 aliphatic heterocycles. The highest BCUT2D eigenvalue weighted by molar-refractivity contribution is 6.07. The molecule has 0 saturated carbocycles. The minimum absolute atomic E-state index is 0.000319. The SMILES string of the molecule is CC(C)C(=O)NC1CCN(C(=O)c2cccc3ccccc23)CC1. The number of carbonyl (C=O) groups is 2. The molecule has 4 nitrogen and oxygen atoms in total. The van der Waals surface area contributed by atoms with Gasteiger partial charge in [-0.1, -0.05) is 50.2 Å². The molecule has 0 atom stereocenters. The summed E-state index contributed by atoms with van der Waals surface area (Å²) in [4.78, 5) is 26.6. The molecule has 0 radical (unpaired) electrons. The van der Waals surface area contributed by atoms with E-state index in [0.717, 1.165) is 29.2 Å². The zero-order valence-electron chi connectivity index (χ0n) is 14.3. The van der Waals surface area contributed by atoms with Crippen LogP contribution in [-0.4, -0.2) is 35.8 Å². The van der Waals surface area contributed by atoms with Crippen LogP contribution in [0.15, 0.2) is 42.5 Å². The first-order valence-electron chi connectivity index (χ1n) is 8.63. The summed E-state index contributed by atoms with van der Waals surface area (Å²) in [6, 6.07) is 14.0. The maximum Gasteiger partial charge on any atom is 0.254 e. The third-order valence-electron chi connectivity index (χ3n) is 4.67. The third kappa shape index (κ3) is 3.42. The maximum atomic E-state index is 12.9. The van der Waals surface area contributed by atoms with Gasteiger partial charge in [0.25, 0.3) is 5.91 Å². The number of hydrogen-bond acceptors (Lipinski definition) is 2. The summed E-state index contributed by atoms with van der Waals surface area (Å²) in [7, 11) is 0. The standard InChI is InChI=1S/C20H24N2O2/c1-14(2)19(23)21-16-10-12-22(13-11-16)20(24)18-9-5-7-15-6-3-4-8-17(15)18/h3-9,14,16H,10-13H2,1-2H3,(H,21,23). The van der Waals surface area contributed by atoms with E-state index < -0.39 is 0 Å². The maximum absolute atomic E-state index is 12.9. The highest BCUT2D eigenvalue weighted by atomic mass is 16.2. The second-order valence-corrected chi connectivity index (χ2v) is 6.76. The Morgan fingerprint density at radius 1 is 1.04 bits per heavy atom. The Bertz CT molecular complexity index is 741. The number of fused-ring (bicyclic) bond motifs is 1. The number of benzene rings is 2. The van der Waals surface area contributed by atoms with Crippen molar-refractivity contribution in [2.45, 2.75) is 32.7 Å². The van der Waals surface area contributed by atoms with E-state index in [2.05, 4.69) is 5.32 Å². The second-order valence-electron chi connectivity index (χ2n) is 6.76. The van der Waals surface area contributed by atoms with Crippen LogP contribution in [0, 0.1) is 5.92 Å². The smallest absolute Gasteiger partial charge is 0.254 e. The van der Waals surface area contributed by atoms with Crippen LogP contribution in [0.2, 0.25) is 0 Å². The Morgan fingerprint density at radius 2 is 1.71 bits per heavy atom.